The molecule has 0 aliphatic rings. The van der Waals surface area contributed by atoms with Crippen LogP contribution >= 0.6 is 48.0 Å². The fourth-order valence-electron chi connectivity index (χ4n) is 2.29. The fraction of sp³-hybridized carbons (Fsp3) is 0.200. The van der Waals surface area contributed by atoms with Gasteiger partial charge in [0.15, 0.2) is 0 Å². The second-order valence-electron chi connectivity index (χ2n) is 5.05. The Morgan fingerprint density at radius 3 is 2.32 bits per heavy atom. The number of rotatable bonds is 3. The molecule has 2 aromatic rings. The first kappa shape index (κ1) is 19.9. The lowest BCUT2D eigenvalue weighted by Gasteiger charge is -2.22. The number of benzene rings is 1. The number of aromatic nitrogens is 1. The molecule has 0 aliphatic heterocycles. The van der Waals surface area contributed by atoms with E-state index in [9.17, 15) is 18.4 Å². The molecule has 0 saturated heterocycles. The van der Waals surface area contributed by atoms with Crippen molar-refractivity contribution < 1.29 is 13.2 Å². The number of nitrogens with zero attached hydrogens (tertiary/aromatic N) is 3. The molecular weight excluding hydrogens is 414 g/mol. The standard InChI is InChI=1S/C15H10Cl2F3N3S2/c1-22(14(24)25)7-23-12(8-2-4-9(16)5-3-8)10(6-21)11(17)13(23)15(18,19)20/h2-5H,7H2,1H3,(H,24,25). The van der Waals surface area contributed by atoms with Crippen molar-refractivity contribution in [2.45, 2.75) is 12.8 Å². The molecule has 0 bridgehead atoms. The van der Waals surface area contributed by atoms with Gasteiger partial charge in [0.25, 0.3) is 0 Å². The molecule has 0 amide bonds. The van der Waals surface area contributed by atoms with Gasteiger partial charge in [0, 0.05) is 12.1 Å². The molecule has 2 rings (SSSR count). The Labute approximate surface area is 163 Å². The highest BCUT2D eigenvalue weighted by Crippen LogP contribution is 2.43. The Hall–Kier alpha value is -1.40. The van der Waals surface area contributed by atoms with Crippen molar-refractivity contribution >= 4 is 52.4 Å². The molecule has 0 saturated carbocycles. The summed E-state index contributed by atoms with van der Waals surface area (Å²) in [5, 5.41) is 9.13. The fourth-order valence-corrected chi connectivity index (χ4v) is 2.88. The van der Waals surface area contributed by atoms with Crippen LogP contribution in [0.25, 0.3) is 11.3 Å². The Morgan fingerprint density at radius 1 is 1.32 bits per heavy atom. The van der Waals surface area contributed by atoms with E-state index in [1.165, 1.54) is 36.2 Å². The summed E-state index contributed by atoms with van der Waals surface area (Å²) < 4.78 is 41.7. The highest BCUT2D eigenvalue weighted by atomic mass is 35.5. The van der Waals surface area contributed by atoms with E-state index in [-0.39, 0.29) is 22.2 Å². The molecular formula is C15H10Cl2F3N3S2. The molecule has 25 heavy (non-hydrogen) atoms. The van der Waals surface area contributed by atoms with Crippen LogP contribution in [0, 0.1) is 11.3 Å². The molecule has 10 heteroatoms. The van der Waals surface area contributed by atoms with E-state index in [0.29, 0.717) is 10.6 Å². The van der Waals surface area contributed by atoms with Crippen LogP contribution in [0.4, 0.5) is 13.2 Å². The molecule has 1 aromatic carbocycles. The van der Waals surface area contributed by atoms with Crippen molar-refractivity contribution in [3.05, 3.63) is 45.6 Å². The molecule has 132 valence electrons. The summed E-state index contributed by atoms with van der Waals surface area (Å²) in [7, 11) is 1.49. The lowest BCUT2D eigenvalue weighted by atomic mass is 10.1. The Bertz CT molecular complexity index is 855. The van der Waals surface area contributed by atoms with Gasteiger partial charge in [-0.25, -0.2) is 0 Å². The number of hydrogen-bond donors (Lipinski definition) is 1. The van der Waals surface area contributed by atoms with Crippen LogP contribution in [0.2, 0.25) is 10.0 Å². The summed E-state index contributed by atoms with van der Waals surface area (Å²) in [5.74, 6) is 0. The SMILES string of the molecule is CN(Cn1c(-c2ccc(Cl)cc2)c(C#N)c(Cl)c1C(F)(F)F)C(=S)S. The number of nitriles is 1. The average Bonchev–Trinajstić information content (AvgIpc) is 2.79. The van der Waals surface area contributed by atoms with Crippen LogP contribution in [0.5, 0.6) is 0 Å². The first-order valence-corrected chi connectivity index (χ1v) is 8.28. The van der Waals surface area contributed by atoms with Crippen molar-refractivity contribution in [3.63, 3.8) is 0 Å². The van der Waals surface area contributed by atoms with Gasteiger partial charge in [-0.05, 0) is 17.7 Å². The summed E-state index contributed by atoms with van der Waals surface area (Å²) in [6.45, 7) is -0.281. The quantitative estimate of drug-likeness (QED) is 0.525. The molecule has 0 unspecified atom stereocenters. The van der Waals surface area contributed by atoms with Crippen molar-refractivity contribution in [2.75, 3.05) is 7.05 Å². The summed E-state index contributed by atoms with van der Waals surface area (Å²) in [5.41, 5.74) is -0.980. The smallest absolute Gasteiger partial charge is 0.343 e. The number of halogens is 5. The second-order valence-corrected chi connectivity index (χ2v) is 6.98. The van der Waals surface area contributed by atoms with Gasteiger partial charge in [0.2, 0.25) is 0 Å². The van der Waals surface area contributed by atoms with Crippen molar-refractivity contribution in [2.24, 2.45) is 0 Å². The molecule has 0 N–H and O–H groups in total. The lowest BCUT2D eigenvalue weighted by molar-refractivity contribution is -0.143. The van der Waals surface area contributed by atoms with Gasteiger partial charge in [0.05, 0.1) is 22.9 Å². The highest BCUT2D eigenvalue weighted by molar-refractivity contribution is 8.10. The molecule has 0 spiro atoms. The summed E-state index contributed by atoms with van der Waals surface area (Å²) in [4.78, 5) is 1.32. The van der Waals surface area contributed by atoms with Crippen LogP contribution in [0.15, 0.2) is 24.3 Å². The van der Waals surface area contributed by atoms with Gasteiger partial charge in [-0.3, -0.25) is 0 Å². The van der Waals surface area contributed by atoms with Gasteiger partial charge < -0.3 is 9.47 Å². The highest BCUT2D eigenvalue weighted by Gasteiger charge is 2.41. The zero-order chi connectivity index (χ0) is 18.9. The zero-order valence-electron chi connectivity index (χ0n) is 12.6. The van der Waals surface area contributed by atoms with E-state index in [1.807, 2.05) is 0 Å². The largest absolute Gasteiger partial charge is 0.433 e. The monoisotopic (exact) mass is 423 g/mol. The Balaban J connectivity index is 2.82. The number of thiocarbonyl (C=S) groups is 1. The lowest BCUT2D eigenvalue weighted by Crippen LogP contribution is -2.27. The minimum Gasteiger partial charge on any atom is -0.343 e. The number of alkyl halides is 3. The predicted octanol–water partition coefficient (Wildman–Crippen LogP) is 5.46. The van der Waals surface area contributed by atoms with Crippen molar-refractivity contribution in [1.29, 1.82) is 5.26 Å². The molecule has 0 atom stereocenters. The summed E-state index contributed by atoms with van der Waals surface area (Å²) in [6, 6.07) is 7.83. The summed E-state index contributed by atoms with van der Waals surface area (Å²) >= 11 is 20.6. The van der Waals surface area contributed by atoms with E-state index in [1.54, 1.807) is 6.07 Å². The summed E-state index contributed by atoms with van der Waals surface area (Å²) in [6.07, 6.45) is -4.76. The van der Waals surface area contributed by atoms with Crippen molar-refractivity contribution in [3.8, 4) is 17.3 Å². The second kappa shape index (κ2) is 7.46. The van der Waals surface area contributed by atoms with E-state index in [4.69, 9.17) is 35.4 Å². The third-order valence-corrected chi connectivity index (χ3v) is 4.66. The van der Waals surface area contributed by atoms with E-state index < -0.39 is 16.9 Å². The molecule has 3 nitrogen and oxygen atoms in total. The van der Waals surface area contributed by atoms with Crippen molar-refractivity contribution in [1.82, 2.24) is 9.47 Å². The predicted molar refractivity (Wildman–Crippen MR) is 99.0 cm³/mol. The molecule has 0 fully saturated rings. The van der Waals surface area contributed by atoms with Gasteiger partial charge >= 0.3 is 6.18 Å². The van der Waals surface area contributed by atoms with Crippen LogP contribution in [-0.4, -0.2) is 20.8 Å². The van der Waals surface area contributed by atoms with E-state index in [2.05, 4.69) is 12.6 Å². The maximum atomic E-state index is 13.6. The number of thiol groups is 1. The van der Waals surface area contributed by atoms with Crippen LogP contribution < -0.4 is 0 Å². The van der Waals surface area contributed by atoms with Crippen LogP contribution in [0.1, 0.15) is 11.3 Å². The third kappa shape index (κ3) is 4.06. The Morgan fingerprint density at radius 2 is 1.88 bits per heavy atom. The first-order chi connectivity index (χ1) is 11.6. The van der Waals surface area contributed by atoms with E-state index in [0.717, 1.165) is 4.57 Å². The van der Waals surface area contributed by atoms with E-state index >= 15 is 0 Å². The van der Waals surface area contributed by atoms with Crippen LogP contribution in [-0.2, 0) is 12.8 Å². The average molecular weight is 424 g/mol. The minimum absolute atomic E-state index is 0.0351. The molecule has 1 aromatic heterocycles. The maximum Gasteiger partial charge on any atom is 0.433 e. The maximum absolute atomic E-state index is 13.6. The topological polar surface area (TPSA) is 32.0 Å². The molecule has 0 radical (unpaired) electrons. The molecule has 0 aliphatic carbocycles. The Kier molecular flexibility index (Phi) is 5.94. The molecule has 1 heterocycles. The third-order valence-electron chi connectivity index (χ3n) is 3.38. The zero-order valence-corrected chi connectivity index (χ0v) is 15.8. The van der Waals surface area contributed by atoms with Gasteiger partial charge in [-0.1, -0.05) is 47.6 Å². The van der Waals surface area contributed by atoms with Gasteiger partial charge in [-0.2, -0.15) is 18.4 Å². The normalized spacial score (nSPS) is 11.3. The minimum atomic E-state index is -4.76. The first-order valence-electron chi connectivity index (χ1n) is 6.67. The number of hydrogen-bond acceptors (Lipinski definition) is 2. The van der Waals surface area contributed by atoms with Crippen LogP contribution in [0.3, 0.4) is 0 Å². The van der Waals surface area contributed by atoms with Gasteiger partial charge in [-0.15, -0.1) is 12.6 Å². The van der Waals surface area contributed by atoms with Gasteiger partial charge in [0.1, 0.15) is 16.1 Å².